The van der Waals surface area contributed by atoms with E-state index in [1.165, 1.54) is 23.9 Å². The number of halogens is 1. The van der Waals surface area contributed by atoms with Crippen LogP contribution in [0.5, 0.6) is 0 Å². The van der Waals surface area contributed by atoms with Crippen molar-refractivity contribution < 1.29 is 14.3 Å². The van der Waals surface area contributed by atoms with Gasteiger partial charge in [-0.25, -0.2) is 9.18 Å². The number of urea groups is 1. The van der Waals surface area contributed by atoms with Gasteiger partial charge in [-0.2, -0.15) is 11.8 Å². The molecule has 0 bridgehead atoms. The van der Waals surface area contributed by atoms with Gasteiger partial charge in [0.25, 0.3) is 0 Å². The molecule has 0 aliphatic heterocycles. The van der Waals surface area contributed by atoms with E-state index in [1.54, 1.807) is 12.1 Å². The van der Waals surface area contributed by atoms with E-state index >= 15 is 0 Å². The van der Waals surface area contributed by atoms with E-state index in [1.807, 2.05) is 13.2 Å². The average molecular weight is 326 g/mol. The van der Waals surface area contributed by atoms with Gasteiger partial charge in [0.2, 0.25) is 0 Å². The summed E-state index contributed by atoms with van der Waals surface area (Å²) in [7, 11) is 0. The number of rotatable bonds is 7. The number of benzene rings is 1. The summed E-state index contributed by atoms with van der Waals surface area (Å²) in [5, 5.41) is 15.1. The molecule has 1 aliphatic rings. The van der Waals surface area contributed by atoms with Crippen molar-refractivity contribution in [2.24, 2.45) is 5.92 Å². The molecule has 3 unspecified atom stereocenters. The minimum Gasteiger partial charge on any atom is -0.395 e. The number of hydrogen-bond acceptors (Lipinski definition) is 3. The fourth-order valence-electron chi connectivity index (χ4n) is 2.49. The van der Waals surface area contributed by atoms with Gasteiger partial charge in [-0.15, -0.1) is 0 Å². The molecule has 3 N–H and O–H groups in total. The lowest BCUT2D eigenvalue weighted by molar-refractivity contribution is 0.227. The largest absolute Gasteiger partial charge is 0.395 e. The van der Waals surface area contributed by atoms with Crippen LogP contribution in [0.3, 0.4) is 0 Å². The molecule has 0 heterocycles. The summed E-state index contributed by atoms with van der Waals surface area (Å²) in [6.07, 6.45) is 4.05. The molecule has 1 aromatic carbocycles. The molecule has 6 heteroatoms. The summed E-state index contributed by atoms with van der Waals surface area (Å²) >= 11 is 1.52. The Hall–Kier alpha value is -1.27. The highest BCUT2D eigenvalue weighted by molar-refractivity contribution is 7.99. The maximum Gasteiger partial charge on any atom is 0.315 e. The monoisotopic (exact) mass is 326 g/mol. The van der Waals surface area contributed by atoms with Gasteiger partial charge in [-0.1, -0.05) is 12.1 Å². The topological polar surface area (TPSA) is 61.4 Å². The number of aliphatic hydroxyl groups excluding tert-OH is 1. The van der Waals surface area contributed by atoms with Crippen molar-refractivity contribution in [1.82, 2.24) is 10.6 Å². The molecule has 1 saturated carbocycles. The van der Waals surface area contributed by atoms with Crippen molar-refractivity contribution in [3.8, 4) is 0 Å². The highest BCUT2D eigenvalue weighted by Crippen LogP contribution is 2.40. The van der Waals surface area contributed by atoms with Crippen molar-refractivity contribution in [3.05, 3.63) is 35.6 Å². The number of aliphatic hydroxyl groups is 1. The third-order valence-electron chi connectivity index (χ3n) is 4.01. The van der Waals surface area contributed by atoms with Crippen LogP contribution < -0.4 is 10.6 Å². The van der Waals surface area contributed by atoms with Crippen LogP contribution in [0, 0.1) is 11.7 Å². The summed E-state index contributed by atoms with van der Waals surface area (Å²) in [4.78, 5) is 12.2. The molecule has 122 valence electrons. The third kappa shape index (κ3) is 4.61. The van der Waals surface area contributed by atoms with Gasteiger partial charge >= 0.3 is 6.03 Å². The second kappa shape index (κ2) is 7.83. The first kappa shape index (κ1) is 17.1. The lowest BCUT2D eigenvalue weighted by atomic mass is 10.0. The predicted molar refractivity (Wildman–Crippen MR) is 87.4 cm³/mol. The van der Waals surface area contributed by atoms with Crippen molar-refractivity contribution in [2.45, 2.75) is 37.1 Å². The molecular formula is C16H23FN2O2S. The van der Waals surface area contributed by atoms with Crippen LogP contribution in [0.2, 0.25) is 0 Å². The summed E-state index contributed by atoms with van der Waals surface area (Å²) in [6.45, 7) is 1.90. The normalized spacial score (nSPS) is 18.4. The van der Waals surface area contributed by atoms with E-state index in [2.05, 4.69) is 10.6 Å². The quantitative estimate of drug-likeness (QED) is 0.722. The molecule has 2 amide bonds. The van der Waals surface area contributed by atoms with Crippen molar-refractivity contribution in [1.29, 1.82) is 0 Å². The van der Waals surface area contributed by atoms with Gasteiger partial charge in [0.05, 0.1) is 12.6 Å². The Morgan fingerprint density at radius 1 is 1.36 bits per heavy atom. The third-order valence-corrected chi connectivity index (χ3v) is 5.17. The fourth-order valence-corrected chi connectivity index (χ4v) is 3.12. The number of nitrogens with one attached hydrogen (secondary N) is 2. The van der Waals surface area contributed by atoms with Crippen molar-refractivity contribution in [2.75, 3.05) is 12.9 Å². The van der Waals surface area contributed by atoms with Gasteiger partial charge in [0.1, 0.15) is 5.82 Å². The number of amides is 2. The predicted octanol–water partition coefficient (Wildman–Crippen LogP) is 2.69. The molecule has 3 atom stereocenters. The van der Waals surface area contributed by atoms with Gasteiger partial charge in [-0.3, -0.25) is 0 Å². The molecule has 1 aliphatic carbocycles. The standard InChI is InChI=1S/C16H23FN2O2S/c1-10(14(9-20)22-2)18-16(21)19-15(11-3-4-11)12-5-7-13(17)8-6-12/h5-8,10-11,14-15,20H,3-4,9H2,1-2H3,(H2,18,19,21). The lowest BCUT2D eigenvalue weighted by Crippen LogP contribution is -2.47. The van der Waals surface area contributed by atoms with E-state index in [0.717, 1.165) is 18.4 Å². The molecule has 0 saturated heterocycles. The first-order valence-electron chi connectivity index (χ1n) is 7.51. The van der Waals surface area contributed by atoms with Crippen LogP contribution >= 0.6 is 11.8 Å². The van der Waals surface area contributed by atoms with Crippen LogP contribution in [-0.4, -0.2) is 35.3 Å². The Labute approximate surface area is 134 Å². The first-order chi connectivity index (χ1) is 10.5. The van der Waals surface area contributed by atoms with Crippen molar-refractivity contribution in [3.63, 3.8) is 0 Å². The van der Waals surface area contributed by atoms with E-state index in [-0.39, 0.29) is 35.8 Å². The van der Waals surface area contributed by atoms with E-state index in [4.69, 9.17) is 0 Å². The van der Waals surface area contributed by atoms with Crippen LogP contribution in [0.4, 0.5) is 9.18 Å². The SMILES string of the molecule is CSC(CO)C(C)NC(=O)NC(c1ccc(F)cc1)C1CC1. The first-order valence-corrected chi connectivity index (χ1v) is 8.80. The molecule has 22 heavy (non-hydrogen) atoms. The second-order valence-corrected chi connectivity index (χ2v) is 6.81. The maximum atomic E-state index is 13.0. The molecule has 4 nitrogen and oxygen atoms in total. The number of thioether (sulfide) groups is 1. The summed E-state index contributed by atoms with van der Waals surface area (Å²) in [6, 6.07) is 5.81. The maximum absolute atomic E-state index is 13.0. The lowest BCUT2D eigenvalue weighted by Gasteiger charge is -2.24. The van der Waals surface area contributed by atoms with Gasteiger partial charge in [0.15, 0.2) is 0 Å². The summed E-state index contributed by atoms with van der Waals surface area (Å²) < 4.78 is 13.0. The van der Waals surface area contributed by atoms with E-state index in [9.17, 15) is 14.3 Å². The molecule has 1 aromatic rings. The van der Waals surface area contributed by atoms with E-state index < -0.39 is 0 Å². The van der Waals surface area contributed by atoms with Gasteiger partial charge in [0, 0.05) is 11.3 Å². The Kier molecular flexibility index (Phi) is 6.08. The summed E-state index contributed by atoms with van der Waals surface area (Å²) in [5.41, 5.74) is 0.926. The van der Waals surface area contributed by atoms with E-state index in [0.29, 0.717) is 5.92 Å². The van der Waals surface area contributed by atoms with Crippen LogP contribution in [0.15, 0.2) is 24.3 Å². The second-order valence-electron chi connectivity index (χ2n) is 5.73. The van der Waals surface area contributed by atoms with Crippen molar-refractivity contribution >= 4 is 17.8 Å². The Bertz CT molecular complexity index is 489. The Morgan fingerprint density at radius 2 is 2.00 bits per heavy atom. The fraction of sp³-hybridized carbons (Fsp3) is 0.562. The zero-order chi connectivity index (χ0) is 16.1. The highest BCUT2D eigenvalue weighted by atomic mass is 32.2. The van der Waals surface area contributed by atoms with Crippen LogP contribution in [-0.2, 0) is 0 Å². The Morgan fingerprint density at radius 3 is 2.50 bits per heavy atom. The molecule has 0 radical (unpaired) electrons. The summed E-state index contributed by atoms with van der Waals surface area (Å²) in [5.74, 6) is 0.142. The Balaban J connectivity index is 1.96. The van der Waals surface area contributed by atoms with Crippen LogP contribution in [0.25, 0.3) is 0 Å². The molecule has 0 aromatic heterocycles. The van der Waals surface area contributed by atoms with Gasteiger partial charge < -0.3 is 15.7 Å². The zero-order valence-corrected chi connectivity index (χ0v) is 13.7. The average Bonchev–Trinajstić information content (AvgIpc) is 3.31. The minimum absolute atomic E-state index is 0.0205. The minimum atomic E-state index is -0.276. The van der Waals surface area contributed by atoms with Gasteiger partial charge in [-0.05, 0) is 49.6 Å². The molecule has 2 rings (SSSR count). The smallest absolute Gasteiger partial charge is 0.315 e. The number of hydrogen-bond donors (Lipinski definition) is 3. The molecular weight excluding hydrogens is 303 g/mol. The highest BCUT2D eigenvalue weighted by Gasteiger charge is 2.33. The zero-order valence-electron chi connectivity index (χ0n) is 12.9. The number of carbonyl (C=O) groups excluding carboxylic acids is 1. The molecule has 0 spiro atoms. The van der Waals surface area contributed by atoms with Crippen LogP contribution in [0.1, 0.15) is 31.4 Å². The molecule has 1 fully saturated rings. The number of carbonyl (C=O) groups is 1.